The second kappa shape index (κ2) is 11.0. The lowest BCUT2D eigenvalue weighted by Crippen LogP contribution is -2.53. The molecule has 0 heterocycles. The van der Waals surface area contributed by atoms with Crippen molar-refractivity contribution in [2.24, 2.45) is 59.2 Å². The first-order valence-corrected chi connectivity index (χ1v) is 12.8. The highest BCUT2D eigenvalue weighted by molar-refractivity contribution is 4.94. The van der Waals surface area contributed by atoms with Crippen molar-refractivity contribution in [3.8, 4) is 0 Å². The summed E-state index contributed by atoms with van der Waals surface area (Å²) in [7, 11) is 0. The molecule has 0 aromatic heterocycles. The average molecular weight is 408 g/mol. The SMILES string of the molecule is CC1C(C)[C@H](NCCNCCN[C@@H]2C(C)C(C)[C@H](C)[C@@H](C)[C@H]2C)[C@@H](C)[C@@H](C)[C@@H]1C. The Balaban J connectivity index is 1.66. The van der Waals surface area contributed by atoms with E-state index in [1.807, 2.05) is 0 Å². The maximum Gasteiger partial charge on any atom is 0.0124 e. The average Bonchev–Trinajstić information content (AvgIpc) is 2.71. The first-order chi connectivity index (χ1) is 13.6. The third-order valence-corrected chi connectivity index (χ3v) is 10.3. The molecule has 3 N–H and O–H groups in total. The van der Waals surface area contributed by atoms with Gasteiger partial charge in [0.2, 0.25) is 0 Å². The van der Waals surface area contributed by atoms with E-state index in [-0.39, 0.29) is 0 Å². The Labute approximate surface area is 183 Å². The normalized spacial score (nSPS) is 48.6. The van der Waals surface area contributed by atoms with Crippen molar-refractivity contribution in [2.75, 3.05) is 26.2 Å². The Morgan fingerprint density at radius 1 is 0.345 bits per heavy atom. The number of hydrogen-bond acceptors (Lipinski definition) is 3. The monoisotopic (exact) mass is 407 g/mol. The van der Waals surface area contributed by atoms with Crippen LogP contribution in [0.5, 0.6) is 0 Å². The molecule has 0 aromatic carbocycles. The maximum atomic E-state index is 3.89. The van der Waals surface area contributed by atoms with Crippen molar-refractivity contribution >= 4 is 0 Å². The standard InChI is InChI=1S/C26H53N3/c1-15-17(3)21(7)25(22(8)18(15)4)28-13-11-27-12-14-29-26-23(9)19(5)16(2)20(6)24(26)10/h15-29H,11-14H2,1-10H3/t15-,16-,17-,18?,19?,20+,21-,22?,23?,24+,25+,26+. The van der Waals surface area contributed by atoms with E-state index < -0.39 is 0 Å². The van der Waals surface area contributed by atoms with Gasteiger partial charge in [-0.25, -0.2) is 0 Å². The molecule has 2 aliphatic rings. The molecule has 2 aliphatic carbocycles. The van der Waals surface area contributed by atoms with Crippen LogP contribution in [0.2, 0.25) is 0 Å². The van der Waals surface area contributed by atoms with Crippen molar-refractivity contribution in [3.63, 3.8) is 0 Å². The van der Waals surface area contributed by atoms with Crippen LogP contribution in [-0.2, 0) is 0 Å². The van der Waals surface area contributed by atoms with Crippen molar-refractivity contribution in [2.45, 2.75) is 81.3 Å². The van der Waals surface area contributed by atoms with E-state index in [0.717, 1.165) is 85.4 Å². The zero-order chi connectivity index (χ0) is 21.9. The lowest BCUT2D eigenvalue weighted by Gasteiger charge is -2.47. The highest BCUT2D eigenvalue weighted by Crippen LogP contribution is 2.42. The molecular formula is C26H53N3. The zero-order valence-electron chi connectivity index (χ0n) is 21.3. The van der Waals surface area contributed by atoms with E-state index in [4.69, 9.17) is 0 Å². The molecule has 4 unspecified atom stereocenters. The van der Waals surface area contributed by atoms with Gasteiger partial charge >= 0.3 is 0 Å². The molecule has 0 spiro atoms. The second-order valence-corrected chi connectivity index (χ2v) is 11.3. The van der Waals surface area contributed by atoms with Gasteiger partial charge in [-0.3, -0.25) is 0 Å². The molecule has 0 radical (unpaired) electrons. The van der Waals surface area contributed by atoms with E-state index in [9.17, 15) is 0 Å². The first kappa shape index (κ1) is 25.1. The van der Waals surface area contributed by atoms with Crippen molar-refractivity contribution in [1.29, 1.82) is 0 Å². The predicted molar refractivity (Wildman–Crippen MR) is 128 cm³/mol. The van der Waals surface area contributed by atoms with E-state index in [0.29, 0.717) is 12.1 Å². The quantitative estimate of drug-likeness (QED) is 0.502. The Morgan fingerprint density at radius 2 is 0.586 bits per heavy atom. The fourth-order valence-electron chi connectivity index (χ4n) is 6.66. The van der Waals surface area contributed by atoms with Crippen LogP contribution in [0.25, 0.3) is 0 Å². The summed E-state index contributed by atoms with van der Waals surface area (Å²) in [4.78, 5) is 0. The smallest absolute Gasteiger partial charge is 0.0124 e. The third kappa shape index (κ3) is 5.57. The maximum absolute atomic E-state index is 3.89. The second-order valence-electron chi connectivity index (χ2n) is 11.3. The highest BCUT2D eigenvalue weighted by Gasteiger charge is 2.41. The van der Waals surface area contributed by atoms with Gasteiger partial charge in [0.1, 0.15) is 0 Å². The fraction of sp³-hybridized carbons (Fsp3) is 1.00. The molecule has 0 saturated heterocycles. The summed E-state index contributed by atoms with van der Waals surface area (Å²) in [6.45, 7) is 28.8. The molecule has 0 amide bonds. The Morgan fingerprint density at radius 3 is 0.862 bits per heavy atom. The van der Waals surface area contributed by atoms with Crippen LogP contribution in [0.15, 0.2) is 0 Å². The van der Waals surface area contributed by atoms with Crippen molar-refractivity contribution in [3.05, 3.63) is 0 Å². The summed E-state index contributed by atoms with van der Waals surface area (Å²) in [6.07, 6.45) is 0. The van der Waals surface area contributed by atoms with Crippen LogP contribution in [0, 0.1) is 59.2 Å². The molecule has 0 aromatic rings. The van der Waals surface area contributed by atoms with Crippen LogP contribution in [0.1, 0.15) is 69.2 Å². The lowest BCUT2D eigenvalue weighted by molar-refractivity contribution is 0.0444. The summed E-state index contributed by atoms with van der Waals surface area (Å²) in [5, 5.41) is 11.4. The minimum absolute atomic E-state index is 0.657. The highest BCUT2D eigenvalue weighted by atomic mass is 15.0. The van der Waals surface area contributed by atoms with Crippen LogP contribution >= 0.6 is 0 Å². The third-order valence-electron chi connectivity index (χ3n) is 10.3. The van der Waals surface area contributed by atoms with Crippen LogP contribution in [0.4, 0.5) is 0 Å². The van der Waals surface area contributed by atoms with Crippen LogP contribution in [-0.4, -0.2) is 38.3 Å². The van der Waals surface area contributed by atoms with Crippen molar-refractivity contribution < 1.29 is 0 Å². The van der Waals surface area contributed by atoms with Gasteiger partial charge < -0.3 is 16.0 Å². The molecule has 3 nitrogen and oxygen atoms in total. The van der Waals surface area contributed by atoms with Gasteiger partial charge in [-0.1, -0.05) is 69.2 Å². The molecule has 3 heteroatoms. The Bertz CT molecular complexity index is 407. The van der Waals surface area contributed by atoms with E-state index >= 15 is 0 Å². The summed E-state index contributed by atoms with van der Waals surface area (Å²) >= 11 is 0. The summed E-state index contributed by atoms with van der Waals surface area (Å²) in [5.41, 5.74) is 0. The van der Waals surface area contributed by atoms with E-state index in [1.165, 1.54) is 0 Å². The van der Waals surface area contributed by atoms with Gasteiger partial charge in [0.05, 0.1) is 0 Å². The Hall–Kier alpha value is -0.120. The Kier molecular flexibility index (Phi) is 9.50. The van der Waals surface area contributed by atoms with Gasteiger partial charge in [0.15, 0.2) is 0 Å². The fourth-order valence-corrected chi connectivity index (χ4v) is 6.66. The summed E-state index contributed by atoms with van der Waals surface area (Å²) in [6, 6.07) is 1.31. The van der Waals surface area contributed by atoms with Crippen LogP contribution in [0.3, 0.4) is 0 Å². The van der Waals surface area contributed by atoms with Crippen molar-refractivity contribution in [1.82, 2.24) is 16.0 Å². The molecule has 12 atom stereocenters. The van der Waals surface area contributed by atoms with Gasteiger partial charge in [-0.2, -0.15) is 0 Å². The summed E-state index contributed by atoms with van der Waals surface area (Å²) < 4.78 is 0. The molecule has 2 fully saturated rings. The minimum atomic E-state index is 0.657. The van der Waals surface area contributed by atoms with E-state index in [2.05, 4.69) is 85.2 Å². The minimum Gasteiger partial charge on any atom is -0.314 e. The predicted octanol–water partition coefficient (Wildman–Crippen LogP) is 4.88. The van der Waals surface area contributed by atoms with Gasteiger partial charge in [-0.15, -0.1) is 0 Å². The van der Waals surface area contributed by atoms with Crippen LogP contribution < -0.4 is 16.0 Å². The topological polar surface area (TPSA) is 36.1 Å². The molecule has 2 rings (SSSR count). The number of rotatable bonds is 8. The molecule has 2 saturated carbocycles. The molecule has 172 valence electrons. The molecular weight excluding hydrogens is 354 g/mol. The molecule has 29 heavy (non-hydrogen) atoms. The zero-order valence-corrected chi connectivity index (χ0v) is 21.3. The lowest BCUT2D eigenvalue weighted by atomic mass is 9.62. The van der Waals surface area contributed by atoms with E-state index in [1.54, 1.807) is 0 Å². The molecule has 0 aliphatic heterocycles. The van der Waals surface area contributed by atoms with Gasteiger partial charge in [-0.05, 0) is 59.2 Å². The molecule has 0 bridgehead atoms. The van der Waals surface area contributed by atoms with Gasteiger partial charge in [0.25, 0.3) is 0 Å². The first-order valence-electron chi connectivity index (χ1n) is 12.8. The largest absolute Gasteiger partial charge is 0.314 e. The van der Waals surface area contributed by atoms with Gasteiger partial charge in [0, 0.05) is 38.3 Å². The number of nitrogens with one attached hydrogen (secondary N) is 3. The summed E-state index contributed by atoms with van der Waals surface area (Å²) in [5.74, 6) is 7.95. The number of hydrogen-bond donors (Lipinski definition) is 3.